The number of hydrogen-bond donors (Lipinski definition) is 1. The molecule has 5 nitrogen and oxygen atoms in total. The van der Waals surface area contributed by atoms with Crippen molar-refractivity contribution in [3.8, 4) is 0 Å². The molecule has 132 valence electrons. The molecule has 1 N–H and O–H groups in total. The van der Waals surface area contributed by atoms with Crippen LogP contribution in [-0.4, -0.2) is 53.0 Å². The Balaban J connectivity index is 1.61. The summed E-state index contributed by atoms with van der Waals surface area (Å²) >= 11 is 0. The molecule has 1 saturated carbocycles. The molecule has 2 heterocycles. The van der Waals surface area contributed by atoms with E-state index in [1.807, 2.05) is 29.4 Å². The number of nitrogens with one attached hydrogen (secondary N) is 1. The van der Waals surface area contributed by atoms with Crippen LogP contribution in [0, 0.1) is 0 Å². The van der Waals surface area contributed by atoms with E-state index in [0.29, 0.717) is 12.6 Å². The number of carbonyl (C=O) groups is 1. The predicted octanol–water partition coefficient (Wildman–Crippen LogP) is 3.19. The molecule has 1 saturated heterocycles. The molecule has 0 unspecified atom stereocenters. The number of carbonyl (C=O) groups excluding carboxylic acids is 1. The number of hydrogen-bond acceptors (Lipinski definition) is 3. The van der Waals surface area contributed by atoms with Crippen LogP contribution in [0.25, 0.3) is 0 Å². The lowest BCUT2D eigenvalue weighted by Crippen LogP contribution is -2.47. The molecule has 0 aromatic carbocycles. The summed E-state index contributed by atoms with van der Waals surface area (Å²) < 4.78 is 0. The van der Waals surface area contributed by atoms with Gasteiger partial charge in [-0.2, -0.15) is 0 Å². The fourth-order valence-electron chi connectivity index (χ4n) is 3.61. The van der Waals surface area contributed by atoms with Gasteiger partial charge in [0.05, 0.1) is 6.04 Å². The Morgan fingerprint density at radius 3 is 2.75 bits per heavy atom. The Morgan fingerprint density at radius 1 is 1.29 bits per heavy atom. The number of amides is 2. The second kappa shape index (κ2) is 7.97. The van der Waals surface area contributed by atoms with E-state index >= 15 is 0 Å². The fraction of sp³-hybridized carbons (Fsp3) is 0.684. The highest BCUT2D eigenvalue weighted by Crippen LogP contribution is 2.30. The van der Waals surface area contributed by atoms with Crippen LogP contribution in [0.3, 0.4) is 0 Å². The van der Waals surface area contributed by atoms with Crippen LogP contribution in [0.15, 0.2) is 24.5 Å². The zero-order chi connectivity index (χ0) is 16.9. The molecule has 1 aromatic heterocycles. The van der Waals surface area contributed by atoms with Crippen molar-refractivity contribution < 1.29 is 4.79 Å². The van der Waals surface area contributed by atoms with Crippen molar-refractivity contribution in [2.45, 2.75) is 63.6 Å². The maximum absolute atomic E-state index is 12.8. The number of likely N-dealkylation sites (tertiary alicyclic amines) is 1. The smallest absolute Gasteiger partial charge is 0.317 e. The van der Waals surface area contributed by atoms with Gasteiger partial charge in [0.15, 0.2) is 0 Å². The first-order chi connectivity index (χ1) is 11.7. The van der Waals surface area contributed by atoms with Gasteiger partial charge in [0, 0.05) is 37.6 Å². The van der Waals surface area contributed by atoms with E-state index in [1.165, 1.54) is 31.2 Å². The van der Waals surface area contributed by atoms with Crippen LogP contribution in [0.2, 0.25) is 0 Å². The lowest BCUT2D eigenvalue weighted by Gasteiger charge is -2.32. The molecule has 0 radical (unpaired) electrons. The molecular weight excluding hydrogens is 300 g/mol. The molecule has 24 heavy (non-hydrogen) atoms. The normalized spacial score (nSPS) is 23.0. The summed E-state index contributed by atoms with van der Waals surface area (Å²) in [5.74, 6) is 0. The molecule has 0 bridgehead atoms. The van der Waals surface area contributed by atoms with Gasteiger partial charge in [-0.3, -0.25) is 9.88 Å². The quantitative estimate of drug-likeness (QED) is 0.902. The third kappa shape index (κ3) is 4.26. The Kier molecular flexibility index (Phi) is 5.72. The van der Waals surface area contributed by atoms with Gasteiger partial charge in [0.25, 0.3) is 0 Å². The molecule has 2 aliphatic rings. The summed E-state index contributed by atoms with van der Waals surface area (Å²) in [6, 6.07) is 5.44. The summed E-state index contributed by atoms with van der Waals surface area (Å²) in [6.45, 7) is 3.75. The predicted molar refractivity (Wildman–Crippen MR) is 95.8 cm³/mol. The lowest BCUT2D eigenvalue weighted by atomic mass is 10.0. The van der Waals surface area contributed by atoms with Gasteiger partial charge in [0.2, 0.25) is 0 Å². The van der Waals surface area contributed by atoms with E-state index < -0.39 is 0 Å². The highest BCUT2D eigenvalue weighted by Gasteiger charge is 2.30. The number of rotatable bonds is 5. The van der Waals surface area contributed by atoms with Crippen molar-refractivity contribution in [1.82, 2.24) is 20.1 Å². The largest absolute Gasteiger partial charge is 0.336 e. The molecule has 1 aromatic rings. The number of likely N-dealkylation sites (N-methyl/N-ethyl adjacent to an activating group) is 1. The Bertz CT molecular complexity index is 531. The molecule has 0 spiro atoms. The topological polar surface area (TPSA) is 48.5 Å². The molecule has 1 aliphatic heterocycles. The van der Waals surface area contributed by atoms with Crippen molar-refractivity contribution in [2.24, 2.45) is 0 Å². The standard InChI is InChI=1S/C19H30N4O/c1-15(22(2)17-7-8-17)14-21-19(24)23-13-5-3-4-6-18(23)16-9-11-20-12-10-16/h9-12,15,17-18H,3-8,13-14H2,1-2H3,(H,21,24)/t15-,18+/m1/s1. The summed E-state index contributed by atoms with van der Waals surface area (Å²) in [6.07, 6.45) is 10.7. The Hall–Kier alpha value is -1.62. The van der Waals surface area contributed by atoms with Gasteiger partial charge in [-0.15, -0.1) is 0 Å². The first-order valence-electron chi connectivity index (χ1n) is 9.33. The average molecular weight is 330 g/mol. The van der Waals surface area contributed by atoms with Crippen LogP contribution in [0.4, 0.5) is 4.79 Å². The third-order valence-electron chi connectivity index (χ3n) is 5.47. The van der Waals surface area contributed by atoms with Crippen molar-refractivity contribution in [2.75, 3.05) is 20.1 Å². The summed E-state index contributed by atoms with van der Waals surface area (Å²) in [5, 5.41) is 3.17. The van der Waals surface area contributed by atoms with Gasteiger partial charge in [-0.1, -0.05) is 12.8 Å². The first kappa shape index (κ1) is 17.2. The van der Waals surface area contributed by atoms with E-state index in [9.17, 15) is 4.79 Å². The second-order valence-corrected chi connectivity index (χ2v) is 7.27. The van der Waals surface area contributed by atoms with Gasteiger partial charge in [-0.05, 0) is 57.4 Å². The molecule has 5 heteroatoms. The van der Waals surface area contributed by atoms with Gasteiger partial charge in [-0.25, -0.2) is 4.79 Å². The van der Waals surface area contributed by atoms with Crippen molar-refractivity contribution >= 4 is 6.03 Å². The van der Waals surface area contributed by atoms with Gasteiger partial charge in [0.1, 0.15) is 0 Å². The van der Waals surface area contributed by atoms with Crippen LogP contribution in [0.5, 0.6) is 0 Å². The third-order valence-corrected chi connectivity index (χ3v) is 5.47. The fourth-order valence-corrected chi connectivity index (χ4v) is 3.61. The summed E-state index contributed by atoms with van der Waals surface area (Å²) in [4.78, 5) is 21.4. The lowest BCUT2D eigenvalue weighted by molar-refractivity contribution is 0.169. The van der Waals surface area contributed by atoms with Gasteiger partial charge < -0.3 is 10.2 Å². The number of nitrogens with zero attached hydrogens (tertiary/aromatic N) is 3. The monoisotopic (exact) mass is 330 g/mol. The Morgan fingerprint density at radius 2 is 2.04 bits per heavy atom. The Labute approximate surface area is 145 Å². The zero-order valence-corrected chi connectivity index (χ0v) is 14.9. The van der Waals surface area contributed by atoms with Crippen molar-refractivity contribution in [3.05, 3.63) is 30.1 Å². The van der Waals surface area contributed by atoms with Crippen LogP contribution in [0.1, 0.15) is 57.1 Å². The second-order valence-electron chi connectivity index (χ2n) is 7.27. The minimum Gasteiger partial charge on any atom is -0.336 e. The highest BCUT2D eigenvalue weighted by molar-refractivity contribution is 5.74. The van der Waals surface area contributed by atoms with Crippen molar-refractivity contribution in [3.63, 3.8) is 0 Å². The van der Waals surface area contributed by atoms with Crippen molar-refractivity contribution in [1.29, 1.82) is 0 Å². The molecule has 3 rings (SSSR count). The maximum Gasteiger partial charge on any atom is 0.317 e. The van der Waals surface area contributed by atoms with Gasteiger partial charge >= 0.3 is 6.03 Å². The maximum atomic E-state index is 12.8. The van der Waals surface area contributed by atoms with E-state index in [2.05, 4.69) is 29.2 Å². The zero-order valence-electron chi connectivity index (χ0n) is 14.9. The highest BCUT2D eigenvalue weighted by atomic mass is 16.2. The van der Waals surface area contributed by atoms with Crippen LogP contribution >= 0.6 is 0 Å². The van der Waals surface area contributed by atoms with E-state index in [-0.39, 0.29) is 12.1 Å². The van der Waals surface area contributed by atoms with Crippen LogP contribution < -0.4 is 5.32 Å². The molecule has 2 amide bonds. The molecular formula is C19H30N4O. The number of aromatic nitrogens is 1. The minimum atomic E-state index is 0.0785. The SMILES string of the molecule is C[C@H](CNC(=O)N1CCCCC[C@H]1c1ccncc1)N(C)C1CC1. The number of pyridine rings is 1. The van der Waals surface area contributed by atoms with Crippen LogP contribution in [-0.2, 0) is 0 Å². The molecule has 2 fully saturated rings. The first-order valence-corrected chi connectivity index (χ1v) is 9.33. The summed E-state index contributed by atoms with van der Waals surface area (Å²) in [5.41, 5.74) is 1.20. The molecule has 1 aliphatic carbocycles. The molecule has 2 atom stereocenters. The van der Waals surface area contributed by atoms with E-state index in [0.717, 1.165) is 25.4 Å². The number of urea groups is 1. The average Bonchev–Trinajstić information content (AvgIpc) is 3.45. The van der Waals surface area contributed by atoms with E-state index in [1.54, 1.807) is 0 Å². The minimum absolute atomic E-state index is 0.0785. The summed E-state index contributed by atoms with van der Waals surface area (Å²) in [7, 11) is 2.17. The van der Waals surface area contributed by atoms with E-state index in [4.69, 9.17) is 0 Å².